The van der Waals surface area contributed by atoms with Crippen LogP contribution in [0.15, 0.2) is 0 Å². The zero-order valence-electron chi connectivity index (χ0n) is 13.3. The Morgan fingerprint density at radius 3 is 2.35 bits per heavy atom. The summed E-state index contributed by atoms with van der Waals surface area (Å²) >= 11 is 0. The van der Waals surface area contributed by atoms with Gasteiger partial charge < -0.3 is 9.64 Å². The second-order valence-electron chi connectivity index (χ2n) is 6.77. The summed E-state index contributed by atoms with van der Waals surface area (Å²) in [5, 5.41) is 0. The number of hydrogen-bond acceptors (Lipinski definition) is 4. The lowest BCUT2D eigenvalue weighted by molar-refractivity contribution is -0.150. The molecule has 0 aromatic heterocycles. The predicted octanol–water partition coefficient (Wildman–Crippen LogP) is 1.44. The maximum absolute atomic E-state index is 12.8. The van der Waals surface area contributed by atoms with Crippen LogP contribution in [0.4, 0.5) is 0 Å². The van der Waals surface area contributed by atoms with E-state index in [1.165, 1.54) is 6.92 Å². The first kappa shape index (κ1) is 16.8. The van der Waals surface area contributed by atoms with E-state index in [0.717, 1.165) is 0 Å². The molecule has 5 nitrogen and oxygen atoms in total. The number of nitrogens with zero attached hydrogens (tertiary/aromatic N) is 1. The van der Waals surface area contributed by atoms with E-state index in [-0.39, 0.29) is 29.9 Å². The number of carbonyl (C=O) groups excluding carboxylic acids is 3. The van der Waals surface area contributed by atoms with Crippen LogP contribution in [0, 0.1) is 10.8 Å². The lowest BCUT2D eigenvalue weighted by Gasteiger charge is -2.31. The number of Topliss-reactive ketones (excluding diaryl/α,β-unsaturated/α-hetero) is 2. The number of amides is 1. The molecule has 0 N–H and O–H groups in total. The molecular formula is C15H25NO4. The SMILES string of the molecule is COC[C@@H]1CC(CC(C)=O)(C(=O)C(C)(C)C)C(=O)N1C. The first-order chi connectivity index (χ1) is 9.06. The minimum atomic E-state index is -1.22. The zero-order valence-corrected chi connectivity index (χ0v) is 13.3. The van der Waals surface area contributed by atoms with Crippen LogP contribution < -0.4 is 0 Å². The van der Waals surface area contributed by atoms with Crippen molar-refractivity contribution < 1.29 is 19.1 Å². The molecule has 0 radical (unpaired) electrons. The average molecular weight is 283 g/mol. The topological polar surface area (TPSA) is 63.7 Å². The average Bonchev–Trinajstić information content (AvgIpc) is 2.53. The lowest BCUT2D eigenvalue weighted by atomic mass is 9.68. The van der Waals surface area contributed by atoms with Gasteiger partial charge >= 0.3 is 0 Å². The second-order valence-corrected chi connectivity index (χ2v) is 6.77. The Kier molecular flexibility index (Phi) is 4.74. The minimum absolute atomic E-state index is 0.0213. The van der Waals surface area contributed by atoms with E-state index in [4.69, 9.17) is 4.74 Å². The Bertz CT molecular complexity index is 424. The zero-order chi connectivity index (χ0) is 15.7. The number of likely N-dealkylation sites (tertiary alicyclic amines) is 1. The van der Waals surface area contributed by atoms with Crippen LogP contribution in [-0.4, -0.2) is 49.2 Å². The largest absolute Gasteiger partial charge is 0.383 e. The summed E-state index contributed by atoms with van der Waals surface area (Å²) in [5.41, 5.74) is -1.88. The van der Waals surface area contributed by atoms with Crippen molar-refractivity contribution in [3.63, 3.8) is 0 Å². The van der Waals surface area contributed by atoms with E-state index >= 15 is 0 Å². The molecule has 0 aromatic rings. The normalized spacial score (nSPS) is 27.0. The van der Waals surface area contributed by atoms with Crippen molar-refractivity contribution in [1.29, 1.82) is 0 Å². The van der Waals surface area contributed by atoms with Gasteiger partial charge in [-0.25, -0.2) is 0 Å². The third-order valence-corrected chi connectivity index (χ3v) is 3.89. The lowest BCUT2D eigenvalue weighted by Crippen LogP contribution is -2.46. The molecule has 1 rings (SSSR count). The van der Waals surface area contributed by atoms with Crippen molar-refractivity contribution in [2.45, 2.75) is 46.6 Å². The van der Waals surface area contributed by atoms with Gasteiger partial charge in [0, 0.05) is 26.0 Å². The highest BCUT2D eigenvalue weighted by atomic mass is 16.5. The molecule has 1 saturated heterocycles. The molecular weight excluding hydrogens is 258 g/mol. The van der Waals surface area contributed by atoms with Crippen LogP contribution in [-0.2, 0) is 19.1 Å². The van der Waals surface area contributed by atoms with Crippen LogP contribution >= 0.6 is 0 Å². The maximum Gasteiger partial charge on any atom is 0.236 e. The van der Waals surface area contributed by atoms with Gasteiger partial charge in [0.05, 0.1) is 12.6 Å². The highest BCUT2D eigenvalue weighted by Gasteiger charge is 2.57. The van der Waals surface area contributed by atoms with E-state index in [9.17, 15) is 14.4 Å². The smallest absolute Gasteiger partial charge is 0.236 e. The van der Waals surface area contributed by atoms with E-state index in [1.807, 2.05) is 0 Å². The Hall–Kier alpha value is -1.23. The Labute approximate surface area is 120 Å². The van der Waals surface area contributed by atoms with Gasteiger partial charge in [0.15, 0.2) is 5.78 Å². The molecule has 1 fully saturated rings. The van der Waals surface area contributed by atoms with Crippen molar-refractivity contribution >= 4 is 17.5 Å². The third kappa shape index (κ3) is 2.92. The molecule has 20 heavy (non-hydrogen) atoms. The summed E-state index contributed by atoms with van der Waals surface area (Å²) < 4.78 is 5.12. The fourth-order valence-corrected chi connectivity index (χ4v) is 3.05. The summed E-state index contributed by atoms with van der Waals surface area (Å²) in [6.45, 7) is 7.16. The van der Waals surface area contributed by atoms with Gasteiger partial charge in [-0.2, -0.15) is 0 Å². The number of ether oxygens (including phenoxy) is 1. The first-order valence-electron chi connectivity index (χ1n) is 6.87. The van der Waals surface area contributed by atoms with E-state index in [1.54, 1.807) is 39.8 Å². The summed E-state index contributed by atoms with van der Waals surface area (Å²) in [4.78, 5) is 38.6. The summed E-state index contributed by atoms with van der Waals surface area (Å²) in [6, 6.07) is -0.154. The Morgan fingerprint density at radius 2 is 1.95 bits per heavy atom. The molecule has 114 valence electrons. The third-order valence-electron chi connectivity index (χ3n) is 3.89. The van der Waals surface area contributed by atoms with Gasteiger partial charge in [-0.15, -0.1) is 0 Å². The molecule has 0 aromatic carbocycles. The molecule has 1 aliphatic rings. The first-order valence-corrected chi connectivity index (χ1v) is 6.87. The highest BCUT2D eigenvalue weighted by Crippen LogP contribution is 2.44. The van der Waals surface area contributed by atoms with E-state index in [0.29, 0.717) is 13.0 Å². The minimum Gasteiger partial charge on any atom is -0.383 e. The van der Waals surface area contributed by atoms with Crippen molar-refractivity contribution in [2.75, 3.05) is 20.8 Å². The molecule has 1 aliphatic heterocycles. The van der Waals surface area contributed by atoms with Crippen molar-refractivity contribution in [3.05, 3.63) is 0 Å². The standard InChI is InChI=1S/C15H25NO4/c1-10(17)7-15(12(18)14(2,3)4)8-11(9-20-6)16(5)13(15)19/h11H,7-9H2,1-6H3/t11-,15?/m0/s1. The predicted molar refractivity (Wildman–Crippen MR) is 75.2 cm³/mol. The van der Waals surface area contributed by atoms with Crippen molar-refractivity contribution in [1.82, 2.24) is 4.90 Å². The van der Waals surface area contributed by atoms with Gasteiger partial charge in [-0.1, -0.05) is 20.8 Å². The monoisotopic (exact) mass is 283 g/mol. The molecule has 1 amide bonds. The highest BCUT2D eigenvalue weighted by molar-refractivity contribution is 6.11. The van der Waals surface area contributed by atoms with Gasteiger partial charge in [0.1, 0.15) is 11.2 Å². The van der Waals surface area contributed by atoms with Crippen LogP contribution in [0.2, 0.25) is 0 Å². The Balaban J connectivity index is 3.23. The Morgan fingerprint density at radius 1 is 1.40 bits per heavy atom. The number of rotatable bonds is 5. The molecule has 1 unspecified atom stereocenters. The molecule has 2 atom stereocenters. The molecule has 1 heterocycles. The number of carbonyl (C=O) groups is 3. The van der Waals surface area contributed by atoms with Gasteiger partial charge in [0.2, 0.25) is 5.91 Å². The van der Waals surface area contributed by atoms with Crippen LogP contribution in [0.5, 0.6) is 0 Å². The number of likely N-dealkylation sites (N-methyl/N-ethyl adjacent to an activating group) is 1. The van der Waals surface area contributed by atoms with Crippen LogP contribution in [0.25, 0.3) is 0 Å². The van der Waals surface area contributed by atoms with Crippen LogP contribution in [0.3, 0.4) is 0 Å². The van der Waals surface area contributed by atoms with Gasteiger partial charge in [-0.3, -0.25) is 14.4 Å². The maximum atomic E-state index is 12.8. The van der Waals surface area contributed by atoms with Gasteiger partial charge in [-0.05, 0) is 13.3 Å². The van der Waals surface area contributed by atoms with Crippen LogP contribution in [0.1, 0.15) is 40.5 Å². The van der Waals surface area contributed by atoms with E-state index in [2.05, 4.69) is 0 Å². The van der Waals surface area contributed by atoms with Crippen molar-refractivity contribution in [3.8, 4) is 0 Å². The summed E-state index contributed by atoms with van der Waals surface area (Å²) in [5.74, 6) is -0.548. The number of hydrogen-bond donors (Lipinski definition) is 0. The molecule has 0 saturated carbocycles. The van der Waals surface area contributed by atoms with Gasteiger partial charge in [0.25, 0.3) is 0 Å². The number of methoxy groups -OCH3 is 1. The molecule has 0 spiro atoms. The molecule has 0 bridgehead atoms. The second kappa shape index (κ2) is 5.64. The summed E-state index contributed by atoms with van der Waals surface area (Å²) in [7, 11) is 3.23. The fourth-order valence-electron chi connectivity index (χ4n) is 3.05. The molecule has 5 heteroatoms. The summed E-state index contributed by atoms with van der Waals surface area (Å²) in [6.07, 6.45) is 0.332. The van der Waals surface area contributed by atoms with E-state index < -0.39 is 10.8 Å². The quantitative estimate of drug-likeness (QED) is 0.716. The number of ketones is 2. The van der Waals surface area contributed by atoms with Crippen molar-refractivity contribution in [2.24, 2.45) is 10.8 Å². The fraction of sp³-hybridized carbons (Fsp3) is 0.800. The molecule has 0 aliphatic carbocycles.